The second-order valence-corrected chi connectivity index (χ2v) is 7.15. The average Bonchev–Trinajstić information content (AvgIpc) is 2.77. The number of carbonyl (C=O) groups excluding carboxylic acids is 1. The molecule has 4 heteroatoms. The Morgan fingerprint density at radius 3 is 1.79 bits per heavy atom. The molecular weight excluding hydrogens is 348 g/mol. The topological polar surface area (TPSA) is 32.8 Å². The summed E-state index contributed by atoms with van der Waals surface area (Å²) in [7, 11) is 0. The number of para-hydroxylation sites is 3. The van der Waals surface area contributed by atoms with Crippen molar-refractivity contribution in [1.82, 2.24) is 5.01 Å². The van der Waals surface area contributed by atoms with E-state index in [1.54, 1.807) is 0 Å². The van der Waals surface area contributed by atoms with Gasteiger partial charge in [-0.1, -0.05) is 61.5 Å². The van der Waals surface area contributed by atoms with Crippen molar-refractivity contribution in [2.24, 2.45) is 0 Å². The average molecular weight is 372 g/mol. The minimum atomic E-state index is -0.519. The van der Waals surface area contributed by atoms with E-state index in [-0.39, 0.29) is 5.91 Å². The summed E-state index contributed by atoms with van der Waals surface area (Å²) in [6, 6.07) is 29.5. The van der Waals surface area contributed by atoms with Gasteiger partial charge in [-0.05, 0) is 49.7 Å². The summed E-state index contributed by atoms with van der Waals surface area (Å²) in [6.07, 6.45) is 0.252. The van der Waals surface area contributed by atoms with Gasteiger partial charge in [0.25, 0.3) is 5.91 Å². The molecule has 1 saturated heterocycles. The molecule has 1 amide bonds. The summed E-state index contributed by atoms with van der Waals surface area (Å²) in [6.45, 7) is 4.18. The molecule has 0 spiro atoms. The SMILES string of the molecule is CC[C@]1(C)[C@H](Oc2ccccc2)C(=O)N1N(c1ccccc1)c1ccccc1. The summed E-state index contributed by atoms with van der Waals surface area (Å²) < 4.78 is 6.10. The third kappa shape index (κ3) is 3.01. The number of nitrogens with zero attached hydrogens (tertiary/aromatic N) is 2. The molecular formula is C24H24N2O2. The van der Waals surface area contributed by atoms with E-state index in [2.05, 4.69) is 13.8 Å². The van der Waals surface area contributed by atoms with Crippen molar-refractivity contribution in [2.45, 2.75) is 31.9 Å². The van der Waals surface area contributed by atoms with Crippen molar-refractivity contribution in [3.8, 4) is 5.75 Å². The molecule has 4 nitrogen and oxygen atoms in total. The number of carbonyl (C=O) groups is 1. The van der Waals surface area contributed by atoms with E-state index in [0.29, 0.717) is 5.75 Å². The lowest BCUT2D eigenvalue weighted by Crippen LogP contribution is -2.78. The summed E-state index contributed by atoms with van der Waals surface area (Å²) in [5, 5.41) is 3.84. The van der Waals surface area contributed by atoms with Crippen LogP contribution in [0.15, 0.2) is 91.0 Å². The van der Waals surface area contributed by atoms with Crippen LogP contribution in [0.25, 0.3) is 0 Å². The minimum absolute atomic E-state index is 0.0408. The van der Waals surface area contributed by atoms with Gasteiger partial charge in [-0.2, -0.15) is 0 Å². The predicted molar refractivity (Wildman–Crippen MR) is 111 cm³/mol. The van der Waals surface area contributed by atoms with Crippen LogP contribution in [-0.4, -0.2) is 22.6 Å². The minimum Gasteiger partial charge on any atom is -0.478 e. The van der Waals surface area contributed by atoms with Crippen molar-refractivity contribution in [1.29, 1.82) is 0 Å². The van der Waals surface area contributed by atoms with Gasteiger partial charge in [0.05, 0.1) is 11.4 Å². The zero-order valence-corrected chi connectivity index (χ0v) is 16.2. The van der Waals surface area contributed by atoms with Gasteiger partial charge in [0, 0.05) is 0 Å². The summed E-state index contributed by atoms with van der Waals surface area (Å²) >= 11 is 0. The molecule has 0 bridgehead atoms. The number of hydrogen-bond acceptors (Lipinski definition) is 3. The number of amides is 1. The van der Waals surface area contributed by atoms with Crippen molar-refractivity contribution in [2.75, 3.05) is 5.01 Å². The number of hydrogen-bond donors (Lipinski definition) is 0. The summed E-state index contributed by atoms with van der Waals surface area (Å²) in [5.41, 5.74) is 1.43. The number of hydrazine groups is 1. The van der Waals surface area contributed by atoms with E-state index in [1.807, 2.05) is 101 Å². The lowest BCUT2D eigenvalue weighted by Gasteiger charge is -2.58. The summed E-state index contributed by atoms with van der Waals surface area (Å²) in [4.78, 5) is 13.3. The highest BCUT2D eigenvalue weighted by Crippen LogP contribution is 2.43. The zero-order chi connectivity index (χ0) is 19.6. The number of benzene rings is 3. The smallest absolute Gasteiger partial charge is 0.285 e. The van der Waals surface area contributed by atoms with Crippen molar-refractivity contribution < 1.29 is 9.53 Å². The first-order chi connectivity index (χ1) is 13.6. The Kier molecular flexibility index (Phi) is 4.78. The second-order valence-electron chi connectivity index (χ2n) is 7.15. The highest BCUT2D eigenvalue weighted by molar-refractivity contribution is 5.93. The van der Waals surface area contributed by atoms with E-state index < -0.39 is 11.6 Å². The number of anilines is 2. The van der Waals surface area contributed by atoms with Gasteiger partial charge in [-0.3, -0.25) is 9.80 Å². The lowest BCUT2D eigenvalue weighted by molar-refractivity contribution is -0.179. The van der Waals surface area contributed by atoms with Crippen LogP contribution >= 0.6 is 0 Å². The van der Waals surface area contributed by atoms with E-state index in [4.69, 9.17) is 4.74 Å². The van der Waals surface area contributed by atoms with Gasteiger partial charge in [-0.25, -0.2) is 5.01 Å². The van der Waals surface area contributed by atoms with Gasteiger partial charge in [-0.15, -0.1) is 0 Å². The molecule has 1 heterocycles. The van der Waals surface area contributed by atoms with Crippen LogP contribution in [-0.2, 0) is 4.79 Å². The Labute approximate surface area is 165 Å². The fourth-order valence-corrected chi connectivity index (χ4v) is 3.67. The van der Waals surface area contributed by atoms with E-state index in [1.165, 1.54) is 0 Å². The molecule has 1 fully saturated rings. The van der Waals surface area contributed by atoms with Crippen molar-refractivity contribution in [3.05, 3.63) is 91.0 Å². The van der Waals surface area contributed by atoms with Gasteiger partial charge >= 0.3 is 0 Å². The number of β-lactam (4-membered cyclic amide) rings is 1. The van der Waals surface area contributed by atoms with Crippen LogP contribution < -0.4 is 9.75 Å². The van der Waals surface area contributed by atoms with Crippen LogP contribution in [0.4, 0.5) is 11.4 Å². The third-order valence-electron chi connectivity index (χ3n) is 5.40. The molecule has 0 radical (unpaired) electrons. The molecule has 0 aliphatic carbocycles. The van der Waals surface area contributed by atoms with E-state index in [9.17, 15) is 4.79 Å². The number of rotatable bonds is 6. The molecule has 1 aliphatic heterocycles. The molecule has 4 rings (SSSR count). The summed E-state index contributed by atoms with van der Waals surface area (Å²) in [5.74, 6) is 0.673. The van der Waals surface area contributed by atoms with Crippen LogP contribution in [0.3, 0.4) is 0 Å². The fourth-order valence-electron chi connectivity index (χ4n) is 3.67. The molecule has 28 heavy (non-hydrogen) atoms. The normalized spacial score (nSPS) is 21.1. The van der Waals surface area contributed by atoms with Crippen molar-refractivity contribution >= 4 is 17.3 Å². The third-order valence-corrected chi connectivity index (χ3v) is 5.40. The molecule has 0 aromatic heterocycles. The van der Waals surface area contributed by atoms with Gasteiger partial charge in [0.2, 0.25) is 6.10 Å². The Balaban J connectivity index is 1.72. The first kappa shape index (κ1) is 18.1. The maximum Gasteiger partial charge on any atom is 0.285 e. The highest BCUT2D eigenvalue weighted by Gasteiger charge is 2.61. The first-order valence-corrected chi connectivity index (χ1v) is 9.61. The molecule has 0 N–H and O–H groups in total. The van der Waals surface area contributed by atoms with E-state index in [0.717, 1.165) is 17.8 Å². The molecule has 1 aliphatic rings. The quantitative estimate of drug-likeness (QED) is 0.558. The number of ether oxygens (including phenoxy) is 1. The van der Waals surface area contributed by atoms with Crippen LogP contribution in [0, 0.1) is 0 Å². The maximum absolute atomic E-state index is 13.3. The Hall–Kier alpha value is -3.27. The van der Waals surface area contributed by atoms with E-state index >= 15 is 0 Å². The Morgan fingerprint density at radius 1 is 0.857 bits per heavy atom. The molecule has 3 aromatic carbocycles. The Morgan fingerprint density at radius 2 is 1.32 bits per heavy atom. The molecule has 0 unspecified atom stereocenters. The lowest BCUT2D eigenvalue weighted by atomic mass is 9.81. The molecule has 3 aromatic rings. The van der Waals surface area contributed by atoms with Gasteiger partial charge in [0.15, 0.2) is 0 Å². The van der Waals surface area contributed by atoms with Crippen molar-refractivity contribution in [3.63, 3.8) is 0 Å². The van der Waals surface area contributed by atoms with Gasteiger partial charge in [0.1, 0.15) is 11.3 Å². The highest BCUT2D eigenvalue weighted by atomic mass is 16.5. The maximum atomic E-state index is 13.3. The molecule has 2 atom stereocenters. The van der Waals surface area contributed by atoms with Crippen LogP contribution in [0.5, 0.6) is 5.75 Å². The van der Waals surface area contributed by atoms with Crippen LogP contribution in [0.2, 0.25) is 0 Å². The Bertz CT molecular complexity index is 891. The first-order valence-electron chi connectivity index (χ1n) is 9.61. The zero-order valence-electron chi connectivity index (χ0n) is 16.2. The van der Waals surface area contributed by atoms with Crippen LogP contribution in [0.1, 0.15) is 20.3 Å². The predicted octanol–water partition coefficient (Wildman–Crippen LogP) is 5.20. The fraction of sp³-hybridized carbons (Fsp3) is 0.208. The second kappa shape index (κ2) is 7.39. The largest absolute Gasteiger partial charge is 0.478 e. The standard InChI is InChI=1S/C24H24N2O2/c1-3-24(2)22(28-21-17-11-6-12-18-21)23(27)26(24)25(19-13-7-4-8-14-19)20-15-9-5-10-16-20/h4-18,22H,3H2,1-2H3/t22-,24-/m1/s1. The van der Waals surface area contributed by atoms with Gasteiger partial charge < -0.3 is 4.74 Å². The molecule has 142 valence electrons. The monoisotopic (exact) mass is 372 g/mol. The molecule has 0 saturated carbocycles.